The highest BCUT2D eigenvalue weighted by Gasteiger charge is 2.19. The first-order valence-electron chi connectivity index (χ1n) is 6.50. The molecule has 1 aromatic rings. The molecule has 1 fully saturated rings. The number of nitrogens with one attached hydrogen (secondary N) is 1. The molecule has 0 spiro atoms. The summed E-state index contributed by atoms with van der Waals surface area (Å²) >= 11 is 1.39. The molecule has 0 radical (unpaired) electrons. The lowest BCUT2D eigenvalue weighted by Crippen LogP contribution is -2.37. The van der Waals surface area contributed by atoms with Crippen molar-refractivity contribution in [1.82, 2.24) is 10.2 Å². The lowest BCUT2D eigenvalue weighted by Gasteiger charge is -2.23. The Morgan fingerprint density at radius 3 is 2.89 bits per heavy atom. The Hall–Kier alpha value is -1.07. The number of rotatable bonds is 5. The maximum absolute atomic E-state index is 11.8. The molecule has 4 nitrogen and oxygen atoms in total. The summed E-state index contributed by atoms with van der Waals surface area (Å²) in [6, 6.07) is 2.47. The van der Waals surface area contributed by atoms with Crippen LogP contribution in [-0.4, -0.2) is 37.0 Å². The van der Waals surface area contributed by atoms with Gasteiger partial charge in [0.15, 0.2) is 0 Å². The summed E-state index contributed by atoms with van der Waals surface area (Å²) in [6.45, 7) is 1.59. The van der Waals surface area contributed by atoms with Gasteiger partial charge in [-0.1, -0.05) is 12.8 Å². The zero-order valence-electron chi connectivity index (χ0n) is 10.8. The van der Waals surface area contributed by atoms with Gasteiger partial charge in [0.05, 0.1) is 5.69 Å². The molecule has 0 aromatic carbocycles. The van der Waals surface area contributed by atoms with Crippen molar-refractivity contribution in [2.24, 2.45) is 0 Å². The third-order valence-electron chi connectivity index (χ3n) is 3.60. The summed E-state index contributed by atoms with van der Waals surface area (Å²) in [5.74, 6) is -0.0534. The second-order valence-electron chi connectivity index (χ2n) is 4.88. The van der Waals surface area contributed by atoms with Gasteiger partial charge in [0, 0.05) is 19.1 Å². The summed E-state index contributed by atoms with van der Waals surface area (Å²) in [7, 11) is 2.14. The number of thiophene rings is 1. The summed E-state index contributed by atoms with van der Waals surface area (Å²) in [5, 5.41) is 4.77. The van der Waals surface area contributed by atoms with Gasteiger partial charge in [0.25, 0.3) is 5.91 Å². The zero-order chi connectivity index (χ0) is 13.0. The van der Waals surface area contributed by atoms with Gasteiger partial charge < -0.3 is 16.0 Å². The van der Waals surface area contributed by atoms with Gasteiger partial charge in [0.1, 0.15) is 4.88 Å². The van der Waals surface area contributed by atoms with Crippen LogP contribution in [0.25, 0.3) is 0 Å². The van der Waals surface area contributed by atoms with Gasteiger partial charge in [-0.05, 0) is 31.3 Å². The fourth-order valence-electron chi connectivity index (χ4n) is 2.46. The lowest BCUT2D eigenvalue weighted by atomic mass is 10.2. The number of carbonyl (C=O) groups excluding carboxylic acids is 1. The molecule has 1 aliphatic carbocycles. The van der Waals surface area contributed by atoms with Gasteiger partial charge in [-0.2, -0.15) is 0 Å². The molecule has 2 rings (SSSR count). The van der Waals surface area contributed by atoms with E-state index in [1.165, 1.54) is 37.0 Å². The summed E-state index contributed by atoms with van der Waals surface area (Å²) < 4.78 is 0. The molecule has 1 heterocycles. The Labute approximate surface area is 112 Å². The predicted molar refractivity (Wildman–Crippen MR) is 76.0 cm³/mol. The molecule has 0 saturated heterocycles. The number of likely N-dealkylation sites (N-methyl/N-ethyl adjacent to an activating group) is 1. The third-order valence-corrected chi connectivity index (χ3v) is 4.53. The summed E-state index contributed by atoms with van der Waals surface area (Å²) in [6.07, 6.45) is 5.27. The van der Waals surface area contributed by atoms with Crippen molar-refractivity contribution in [1.29, 1.82) is 0 Å². The SMILES string of the molecule is CN(CCNC(=O)c1sccc1N)C1CCCC1. The number of hydrogen-bond donors (Lipinski definition) is 2. The largest absolute Gasteiger partial charge is 0.397 e. The highest BCUT2D eigenvalue weighted by molar-refractivity contribution is 7.12. The first-order chi connectivity index (χ1) is 8.68. The van der Waals surface area contributed by atoms with E-state index in [9.17, 15) is 4.79 Å². The Kier molecular flexibility index (Phi) is 4.60. The highest BCUT2D eigenvalue weighted by atomic mass is 32.1. The van der Waals surface area contributed by atoms with Crippen LogP contribution in [0.4, 0.5) is 5.69 Å². The van der Waals surface area contributed by atoms with Gasteiger partial charge in [0.2, 0.25) is 0 Å². The van der Waals surface area contributed by atoms with Crippen molar-refractivity contribution < 1.29 is 4.79 Å². The van der Waals surface area contributed by atoms with Crippen molar-refractivity contribution in [3.8, 4) is 0 Å². The molecule has 0 aliphatic heterocycles. The van der Waals surface area contributed by atoms with E-state index >= 15 is 0 Å². The second kappa shape index (κ2) is 6.20. The van der Waals surface area contributed by atoms with E-state index in [1.807, 2.05) is 5.38 Å². The number of hydrogen-bond acceptors (Lipinski definition) is 4. The van der Waals surface area contributed by atoms with Gasteiger partial charge >= 0.3 is 0 Å². The average Bonchev–Trinajstić information content (AvgIpc) is 2.99. The zero-order valence-corrected chi connectivity index (χ0v) is 11.6. The van der Waals surface area contributed by atoms with Crippen molar-refractivity contribution in [2.45, 2.75) is 31.7 Å². The molecular weight excluding hydrogens is 246 g/mol. The topological polar surface area (TPSA) is 58.4 Å². The van der Waals surface area contributed by atoms with E-state index < -0.39 is 0 Å². The summed E-state index contributed by atoms with van der Waals surface area (Å²) in [4.78, 5) is 14.8. The molecule has 0 atom stereocenters. The van der Waals surface area contributed by atoms with Crippen LogP contribution in [0.15, 0.2) is 11.4 Å². The number of anilines is 1. The number of nitrogens with two attached hydrogens (primary N) is 1. The van der Waals surface area contributed by atoms with Crippen molar-refractivity contribution >= 4 is 22.9 Å². The monoisotopic (exact) mass is 267 g/mol. The maximum Gasteiger partial charge on any atom is 0.263 e. The van der Waals surface area contributed by atoms with Crippen LogP contribution in [0.3, 0.4) is 0 Å². The minimum atomic E-state index is -0.0534. The molecule has 0 bridgehead atoms. The van der Waals surface area contributed by atoms with Gasteiger partial charge in [-0.3, -0.25) is 4.79 Å². The molecule has 1 aromatic heterocycles. The summed E-state index contributed by atoms with van der Waals surface area (Å²) in [5.41, 5.74) is 6.28. The maximum atomic E-state index is 11.8. The fraction of sp³-hybridized carbons (Fsp3) is 0.615. The number of amides is 1. The molecule has 18 heavy (non-hydrogen) atoms. The van der Waals surface area contributed by atoms with Crippen LogP contribution in [0.1, 0.15) is 35.4 Å². The van der Waals surface area contributed by atoms with Gasteiger partial charge in [-0.15, -0.1) is 11.3 Å². The molecule has 1 aliphatic rings. The lowest BCUT2D eigenvalue weighted by molar-refractivity contribution is 0.0952. The van der Waals surface area contributed by atoms with E-state index in [1.54, 1.807) is 6.07 Å². The molecule has 100 valence electrons. The molecule has 1 amide bonds. The Morgan fingerprint density at radius 2 is 2.28 bits per heavy atom. The van der Waals surface area contributed by atoms with Crippen molar-refractivity contribution in [3.05, 3.63) is 16.3 Å². The standard InChI is InChI=1S/C13H21N3OS/c1-16(10-4-2-3-5-10)8-7-15-13(17)12-11(14)6-9-18-12/h6,9-10H,2-5,7-8,14H2,1H3,(H,15,17). The van der Waals surface area contributed by atoms with Gasteiger partial charge in [-0.25, -0.2) is 0 Å². The van der Waals surface area contributed by atoms with E-state index in [2.05, 4.69) is 17.3 Å². The van der Waals surface area contributed by atoms with Crippen LogP contribution < -0.4 is 11.1 Å². The van der Waals surface area contributed by atoms with Crippen molar-refractivity contribution in [3.63, 3.8) is 0 Å². The fourth-order valence-corrected chi connectivity index (χ4v) is 3.19. The predicted octanol–water partition coefficient (Wildman–Crippen LogP) is 1.93. The molecule has 3 N–H and O–H groups in total. The average molecular weight is 267 g/mol. The van der Waals surface area contributed by atoms with E-state index in [-0.39, 0.29) is 5.91 Å². The third kappa shape index (κ3) is 3.23. The van der Waals surface area contributed by atoms with E-state index in [0.29, 0.717) is 23.2 Å². The van der Waals surface area contributed by atoms with E-state index in [0.717, 1.165) is 6.54 Å². The van der Waals surface area contributed by atoms with Crippen LogP contribution in [0, 0.1) is 0 Å². The number of nitrogens with zero attached hydrogens (tertiary/aromatic N) is 1. The normalized spacial score (nSPS) is 16.3. The molecule has 1 saturated carbocycles. The Bertz CT molecular complexity index is 399. The van der Waals surface area contributed by atoms with Crippen LogP contribution in [0.5, 0.6) is 0 Å². The number of carbonyl (C=O) groups is 1. The second-order valence-corrected chi connectivity index (χ2v) is 5.80. The Morgan fingerprint density at radius 1 is 1.56 bits per heavy atom. The number of nitrogen functional groups attached to an aromatic ring is 1. The molecule has 5 heteroatoms. The first kappa shape index (κ1) is 13.4. The van der Waals surface area contributed by atoms with E-state index in [4.69, 9.17) is 5.73 Å². The quantitative estimate of drug-likeness (QED) is 0.857. The minimum absolute atomic E-state index is 0.0534. The van der Waals surface area contributed by atoms with Crippen LogP contribution >= 0.6 is 11.3 Å². The molecule has 0 unspecified atom stereocenters. The Balaban J connectivity index is 1.72. The minimum Gasteiger partial charge on any atom is -0.397 e. The molecular formula is C13H21N3OS. The van der Waals surface area contributed by atoms with Crippen LogP contribution in [0.2, 0.25) is 0 Å². The van der Waals surface area contributed by atoms with Crippen LogP contribution in [-0.2, 0) is 0 Å². The highest BCUT2D eigenvalue weighted by Crippen LogP contribution is 2.22. The first-order valence-corrected chi connectivity index (χ1v) is 7.38. The van der Waals surface area contributed by atoms with Crippen molar-refractivity contribution in [2.75, 3.05) is 25.9 Å². The smallest absolute Gasteiger partial charge is 0.263 e.